The van der Waals surface area contributed by atoms with E-state index in [0.29, 0.717) is 18.9 Å². The predicted molar refractivity (Wildman–Crippen MR) is 119 cm³/mol. The van der Waals surface area contributed by atoms with E-state index in [1.165, 1.54) is 16.7 Å². The first kappa shape index (κ1) is 20.9. The molecule has 1 saturated heterocycles. The summed E-state index contributed by atoms with van der Waals surface area (Å²) in [6.45, 7) is 8.00. The van der Waals surface area contributed by atoms with E-state index in [4.69, 9.17) is 4.99 Å². The van der Waals surface area contributed by atoms with Gasteiger partial charge in [-0.25, -0.2) is 4.99 Å². The van der Waals surface area contributed by atoms with Crippen LogP contribution in [-0.4, -0.2) is 42.9 Å². The minimum absolute atomic E-state index is 0.259. The first-order valence-electron chi connectivity index (χ1n) is 10.5. The number of nitrogens with one attached hydrogen (secondary N) is 2. The maximum atomic E-state index is 12.4. The number of carbonyl (C=O) groups excluding carboxylic acids is 1. The number of benzene rings is 2. The summed E-state index contributed by atoms with van der Waals surface area (Å²) in [5.74, 6) is 1.39. The first-order chi connectivity index (χ1) is 14.2. The van der Waals surface area contributed by atoms with E-state index in [-0.39, 0.29) is 5.91 Å². The maximum Gasteiger partial charge on any atom is 0.223 e. The average Bonchev–Trinajstić information content (AvgIpc) is 3.10. The Morgan fingerprint density at radius 3 is 2.62 bits per heavy atom. The number of aliphatic imine (C=N–C) groups is 1. The Morgan fingerprint density at radius 1 is 1.10 bits per heavy atom. The third kappa shape index (κ3) is 6.34. The monoisotopic (exact) mass is 392 g/mol. The molecule has 0 bridgehead atoms. The highest BCUT2D eigenvalue weighted by molar-refractivity contribution is 5.81. The molecule has 2 N–H and O–H groups in total. The normalized spacial score (nSPS) is 16.9. The summed E-state index contributed by atoms with van der Waals surface area (Å²) in [6.07, 6.45) is 1.52. The standard InChI is InChI=1S/C24H32N4O/c1-3-25-24(27-17-22-12-8-7-9-19(22)2)26-16-21-15-23(29)28(18-21)14-13-20-10-5-4-6-11-20/h4-12,21H,3,13-18H2,1-2H3,(H2,25,26,27). The van der Waals surface area contributed by atoms with Gasteiger partial charge in [-0.3, -0.25) is 4.79 Å². The van der Waals surface area contributed by atoms with Crippen LogP contribution in [0.4, 0.5) is 0 Å². The molecular formula is C24H32N4O. The van der Waals surface area contributed by atoms with Crippen LogP contribution < -0.4 is 10.6 Å². The summed E-state index contributed by atoms with van der Waals surface area (Å²) < 4.78 is 0. The first-order valence-corrected chi connectivity index (χ1v) is 10.5. The van der Waals surface area contributed by atoms with Gasteiger partial charge in [0.1, 0.15) is 0 Å². The Labute approximate surface area is 174 Å². The molecular weight excluding hydrogens is 360 g/mol. The van der Waals surface area contributed by atoms with Gasteiger partial charge in [-0.05, 0) is 37.0 Å². The van der Waals surface area contributed by atoms with Crippen molar-refractivity contribution in [1.29, 1.82) is 0 Å². The van der Waals surface area contributed by atoms with Gasteiger partial charge in [-0.1, -0.05) is 54.6 Å². The molecule has 1 unspecified atom stereocenters. The van der Waals surface area contributed by atoms with Gasteiger partial charge in [-0.15, -0.1) is 0 Å². The molecule has 1 aliphatic heterocycles. The van der Waals surface area contributed by atoms with Crippen molar-refractivity contribution in [3.8, 4) is 0 Å². The van der Waals surface area contributed by atoms with Gasteiger partial charge >= 0.3 is 0 Å². The molecule has 1 amide bonds. The van der Waals surface area contributed by atoms with Crippen molar-refractivity contribution < 1.29 is 4.79 Å². The second-order valence-electron chi connectivity index (χ2n) is 7.65. The Morgan fingerprint density at radius 2 is 1.86 bits per heavy atom. The third-order valence-electron chi connectivity index (χ3n) is 5.38. The fraction of sp³-hybridized carbons (Fsp3) is 0.417. The van der Waals surface area contributed by atoms with Crippen LogP contribution in [0.1, 0.15) is 30.0 Å². The molecule has 1 aliphatic rings. The Kier molecular flexibility index (Phi) is 7.68. The van der Waals surface area contributed by atoms with E-state index in [1.54, 1.807) is 0 Å². The molecule has 1 fully saturated rings. The molecule has 0 saturated carbocycles. The van der Waals surface area contributed by atoms with Gasteiger partial charge in [0.05, 0.1) is 6.54 Å². The smallest absolute Gasteiger partial charge is 0.223 e. The number of amides is 1. The molecule has 0 spiro atoms. The molecule has 3 rings (SSSR count). The number of nitrogens with zero attached hydrogens (tertiary/aromatic N) is 2. The molecule has 1 atom stereocenters. The second kappa shape index (κ2) is 10.6. The van der Waals surface area contributed by atoms with E-state index in [2.05, 4.69) is 48.7 Å². The Hall–Kier alpha value is -2.82. The van der Waals surface area contributed by atoms with Gasteiger partial charge < -0.3 is 15.5 Å². The summed E-state index contributed by atoms with van der Waals surface area (Å²) in [4.78, 5) is 19.1. The van der Waals surface area contributed by atoms with Crippen LogP contribution in [0.3, 0.4) is 0 Å². The van der Waals surface area contributed by atoms with Crippen molar-refractivity contribution in [3.63, 3.8) is 0 Å². The number of aryl methyl sites for hydroxylation is 1. The van der Waals surface area contributed by atoms with E-state index in [9.17, 15) is 4.79 Å². The van der Waals surface area contributed by atoms with Crippen molar-refractivity contribution in [2.24, 2.45) is 10.9 Å². The average molecular weight is 393 g/mol. The molecule has 5 heteroatoms. The highest BCUT2D eigenvalue weighted by Crippen LogP contribution is 2.17. The van der Waals surface area contributed by atoms with E-state index < -0.39 is 0 Å². The fourth-order valence-electron chi connectivity index (χ4n) is 3.65. The zero-order chi connectivity index (χ0) is 20.5. The molecule has 29 heavy (non-hydrogen) atoms. The number of carbonyl (C=O) groups is 1. The number of hydrogen-bond acceptors (Lipinski definition) is 2. The lowest BCUT2D eigenvalue weighted by molar-refractivity contribution is -0.127. The van der Waals surface area contributed by atoms with Crippen LogP contribution in [-0.2, 0) is 17.8 Å². The zero-order valence-corrected chi connectivity index (χ0v) is 17.5. The summed E-state index contributed by atoms with van der Waals surface area (Å²) in [5, 5.41) is 6.73. The Balaban J connectivity index is 1.49. The van der Waals surface area contributed by atoms with Gasteiger partial charge in [0, 0.05) is 38.5 Å². The van der Waals surface area contributed by atoms with E-state index >= 15 is 0 Å². The molecule has 0 aromatic heterocycles. The molecule has 154 valence electrons. The van der Waals surface area contributed by atoms with Crippen LogP contribution in [0.5, 0.6) is 0 Å². The van der Waals surface area contributed by atoms with Crippen molar-refractivity contribution in [3.05, 3.63) is 71.3 Å². The fourth-order valence-corrected chi connectivity index (χ4v) is 3.65. The van der Waals surface area contributed by atoms with E-state index in [1.807, 2.05) is 35.2 Å². The lowest BCUT2D eigenvalue weighted by Gasteiger charge is -2.18. The molecule has 2 aromatic rings. The van der Waals surface area contributed by atoms with Crippen molar-refractivity contribution in [2.45, 2.75) is 33.2 Å². The highest BCUT2D eigenvalue weighted by atomic mass is 16.2. The molecule has 0 aliphatic carbocycles. The number of hydrogen-bond donors (Lipinski definition) is 2. The minimum atomic E-state index is 0.259. The van der Waals surface area contributed by atoms with Crippen LogP contribution >= 0.6 is 0 Å². The summed E-state index contributed by atoms with van der Waals surface area (Å²) in [7, 11) is 0. The topological polar surface area (TPSA) is 56.7 Å². The molecule has 1 heterocycles. The van der Waals surface area contributed by atoms with Crippen LogP contribution in [0, 0.1) is 12.8 Å². The maximum absolute atomic E-state index is 12.4. The summed E-state index contributed by atoms with van der Waals surface area (Å²) in [5.41, 5.74) is 3.76. The molecule has 5 nitrogen and oxygen atoms in total. The van der Waals surface area contributed by atoms with Crippen molar-refractivity contribution in [2.75, 3.05) is 26.2 Å². The second-order valence-corrected chi connectivity index (χ2v) is 7.65. The quantitative estimate of drug-likeness (QED) is 0.536. The van der Waals surface area contributed by atoms with Gasteiger partial charge in [0.25, 0.3) is 0 Å². The van der Waals surface area contributed by atoms with Crippen molar-refractivity contribution >= 4 is 11.9 Å². The zero-order valence-electron chi connectivity index (χ0n) is 17.5. The minimum Gasteiger partial charge on any atom is -0.357 e. The van der Waals surface area contributed by atoms with Gasteiger partial charge in [0.15, 0.2) is 5.96 Å². The van der Waals surface area contributed by atoms with E-state index in [0.717, 1.165) is 38.6 Å². The molecule has 2 aromatic carbocycles. The number of guanidine groups is 1. The Bertz CT molecular complexity index is 819. The largest absolute Gasteiger partial charge is 0.357 e. The van der Waals surface area contributed by atoms with Crippen LogP contribution in [0.2, 0.25) is 0 Å². The SMILES string of the molecule is CCNC(=NCc1ccccc1C)NCC1CC(=O)N(CCc2ccccc2)C1. The number of rotatable bonds is 8. The van der Waals surface area contributed by atoms with Gasteiger partial charge in [-0.2, -0.15) is 0 Å². The van der Waals surface area contributed by atoms with Crippen molar-refractivity contribution in [1.82, 2.24) is 15.5 Å². The predicted octanol–water partition coefficient (Wildman–Crippen LogP) is 3.14. The van der Waals surface area contributed by atoms with Crippen LogP contribution in [0.15, 0.2) is 59.6 Å². The highest BCUT2D eigenvalue weighted by Gasteiger charge is 2.29. The summed E-state index contributed by atoms with van der Waals surface area (Å²) >= 11 is 0. The van der Waals surface area contributed by atoms with Gasteiger partial charge in [0.2, 0.25) is 5.91 Å². The molecule has 0 radical (unpaired) electrons. The lowest BCUT2D eigenvalue weighted by atomic mass is 10.1. The lowest BCUT2D eigenvalue weighted by Crippen LogP contribution is -2.40. The number of likely N-dealkylation sites (tertiary alicyclic amines) is 1. The third-order valence-corrected chi connectivity index (χ3v) is 5.38. The summed E-state index contributed by atoms with van der Waals surface area (Å²) in [6, 6.07) is 18.7. The van der Waals surface area contributed by atoms with Crippen LogP contribution in [0.25, 0.3) is 0 Å².